The van der Waals surface area contributed by atoms with E-state index in [0.29, 0.717) is 6.04 Å². The van der Waals surface area contributed by atoms with Crippen molar-refractivity contribution in [1.82, 2.24) is 15.5 Å². The van der Waals surface area contributed by atoms with Gasteiger partial charge in [-0.3, -0.25) is 4.79 Å². The highest BCUT2D eigenvalue weighted by Gasteiger charge is 2.23. The number of carbonyl (C=O) groups is 1. The molecule has 0 aromatic carbocycles. The minimum atomic E-state index is -0.0408. The Balaban J connectivity index is 2.25. The number of hydrogen-bond acceptors (Lipinski definition) is 3. The van der Waals surface area contributed by atoms with Crippen LogP contribution >= 0.6 is 0 Å². The normalized spacial score (nSPS) is 29.1. The lowest BCUT2D eigenvalue weighted by Crippen LogP contribution is -2.57. The van der Waals surface area contributed by atoms with E-state index in [2.05, 4.69) is 29.6 Å². The number of amides is 1. The van der Waals surface area contributed by atoms with Crippen LogP contribution in [0.1, 0.15) is 13.3 Å². The predicted octanol–water partition coefficient (Wildman–Crippen LogP) is -0.585. The Hall–Kier alpha value is -0.610. The molecule has 2 atom stereocenters. The van der Waals surface area contributed by atoms with Crippen molar-refractivity contribution in [3.8, 4) is 0 Å². The summed E-state index contributed by atoms with van der Waals surface area (Å²) < 4.78 is 0. The monoisotopic (exact) mass is 185 g/mol. The van der Waals surface area contributed by atoms with Crippen LogP contribution in [0.4, 0.5) is 0 Å². The molecule has 0 saturated carbocycles. The summed E-state index contributed by atoms with van der Waals surface area (Å²) in [6.07, 6.45) is 1.08. The summed E-state index contributed by atoms with van der Waals surface area (Å²) in [5.74, 6) is 0.112. The van der Waals surface area contributed by atoms with Gasteiger partial charge in [-0.1, -0.05) is 0 Å². The van der Waals surface area contributed by atoms with Crippen molar-refractivity contribution < 1.29 is 4.79 Å². The van der Waals surface area contributed by atoms with E-state index < -0.39 is 0 Å². The number of hydrogen-bond donors (Lipinski definition) is 2. The lowest BCUT2D eigenvalue weighted by atomic mass is 10.1. The minimum Gasteiger partial charge on any atom is -0.353 e. The highest BCUT2D eigenvalue weighted by molar-refractivity contribution is 5.82. The molecule has 0 aromatic heterocycles. The first-order valence-electron chi connectivity index (χ1n) is 4.78. The van der Waals surface area contributed by atoms with Gasteiger partial charge in [0.15, 0.2) is 0 Å². The summed E-state index contributed by atoms with van der Waals surface area (Å²) in [6, 6.07) is 0.385. The molecule has 0 spiro atoms. The number of nitrogens with one attached hydrogen (secondary N) is 2. The van der Waals surface area contributed by atoms with Crippen molar-refractivity contribution >= 4 is 5.91 Å². The fraction of sp³-hybridized carbons (Fsp3) is 0.889. The molecule has 0 radical (unpaired) electrons. The van der Waals surface area contributed by atoms with Crippen molar-refractivity contribution in [1.29, 1.82) is 0 Å². The average molecular weight is 185 g/mol. The maximum Gasteiger partial charge on any atom is 0.236 e. The lowest BCUT2D eigenvalue weighted by Gasteiger charge is -2.29. The van der Waals surface area contributed by atoms with Crippen LogP contribution in [0.25, 0.3) is 0 Å². The van der Waals surface area contributed by atoms with E-state index in [1.54, 1.807) is 0 Å². The molecule has 1 amide bonds. The summed E-state index contributed by atoms with van der Waals surface area (Å²) in [5.41, 5.74) is 0. The molecule has 4 heteroatoms. The van der Waals surface area contributed by atoms with E-state index in [0.717, 1.165) is 19.5 Å². The van der Waals surface area contributed by atoms with Gasteiger partial charge in [0.25, 0.3) is 0 Å². The second-order valence-electron chi connectivity index (χ2n) is 3.92. The number of nitrogens with zero attached hydrogens (tertiary/aromatic N) is 1. The van der Waals surface area contributed by atoms with Gasteiger partial charge in [-0.05, 0) is 34.0 Å². The maximum absolute atomic E-state index is 11.1. The van der Waals surface area contributed by atoms with E-state index in [4.69, 9.17) is 0 Å². The van der Waals surface area contributed by atoms with Crippen LogP contribution in [0.2, 0.25) is 0 Å². The highest BCUT2D eigenvalue weighted by Crippen LogP contribution is 1.99. The largest absolute Gasteiger partial charge is 0.353 e. The zero-order valence-electron chi connectivity index (χ0n) is 8.63. The van der Waals surface area contributed by atoms with Gasteiger partial charge in [-0.15, -0.1) is 0 Å². The van der Waals surface area contributed by atoms with Gasteiger partial charge in [-0.25, -0.2) is 0 Å². The second-order valence-corrected chi connectivity index (χ2v) is 3.92. The topological polar surface area (TPSA) is 44.4 Å². The van der Waals surface area contributed by atoms with Crippen LogP contribution in [0.5, 0.6) is 0 Å². The van der Waals surface area contributed by atoms with E-state index in [1.807, 2.05) is 6.92 Å². The molecule has 1 fully saturated rings. The molecule has 4 nitrogen and oxygen atoms in total. The van der Waals surface area contributed by atoms with Crippen LogP contribution in [0.15, 0.2) is 0 Å². The Labute approximate surface area is 79.7 Å². The smallest absolute Gasteiger partial charge is 0.236 e. The maximum atomic E-state index is 11.1. The third-order valence-electron chi connectivity index (χ3n) is 2.33. The Morgan fingerprint density at radius 3 is 2.77 bits per heavy atom. The summed E-state index contributed by atoms with van der Waals surface area (Å²) >= 11 is 0. The molecule has 0 bridgehead atoms. The van der Waals surface area contributed by atoms with Gasteiger partial charge in [0.05, 0.1) is 6.04 Å². The second kappa shape index (κ2) is 4.58. The number of piperazine rings is 1. The third kappa shape index (κ3) is 3.32. The van der Waals surface area contributed by atoms with Crippen LogP contribution < -0.4 is 10.6 Å². The van der Waals surface area contributed by atoms with Gasteiger partial charge in [0.1, 0.15) is 0 Å². The SMILES string of the molecule is C[C@@H]1NC(CCN(C)C)CNC1=O. The molecule has 1 rings (SSSR count). The van der Waals surface area contributed by atoms with Crippen LogP contribution in [-0.4, -0.2) is 50.1 Å². The summed E-state index contributed by atoms with van der Waals surface area (Å²) in [6.45, 7) is 3.72. The molecule has 1 aliphatic heterocycles. The molecule has 1 unspecified atom stereocenters. The zero-order chi connectivity index (χ0) is 9.84. The van der Waals surface area contributed by atoms with E-state index in [-0.39, 0.29) is 11.9 Å². The average Bonchev–Trinajstić information content (AvgIpc) is 2.07. The molecule has 0 aliphatic carbocycles. The van der Waals surface area contributed by atoms with Crippen molar-refractivity contribution in [2.45, 2.75) is 25.4 Å². The van der Waals surface area contributed by atoms with Crippen LogP contribution in [0, 0.1) is 0 Å². The Morgan fingerprint density at radius 2 is 2.23 bits per heavy atom. The molecule has 76 valence electrons. The van der Waals surface area contributed by atoms with Crippen molar-refractivity contribution in [3.05, 3.63) is 0 Å². The first kappa shape index (κ1) is 10.5. The van der Waals surface area contributed by atoms with Crippen molar-refractivity contribution in [2.24, 2.45) is 0 Å². The third-order valence-corrected chi connectivity index (χ3v) is 2.33. The summed E-state index contributed by atoms with van der Waals surface area (Å²) in [4.78, 5) is 13.2. The Morgan fingerprint density at radius 1 is 1.54 bits per heavy atom. The van der Waals surface area contributed by atoms with Gasteiger partial charge < -0.3 is 15.5 Å². The fourth-order valence-electron chi connectivity index (χ4n) is 1.46. The molecular formula is C9H19N3O. The first-order valence-corrected chi connectivity index (χ1v) is 4.78. The number of rotatable bonds is 3. The molecule has 1 saturated heterocycles. The first-order chi connectivity index (χ1) is 6.09. The summed E-state index contributed by atoms with van der Waals surface area (Å²) in [5, 5.41) is 6.17. The van der Waals surface area contributed by atoms with Gasteiger partial charge in [0.2, 0.25) is 5.91 Å². The van der Waals surface area contributed by atoms with Crippen molar-refractivity contribution in [2.75, 3.05) is 27.2 Å². The summed E-state index contributed by atoms with van der Waals surface area (Å²) in [7, 11) is 4.12. The van der Waals surface area contributed by atoms with Crippen molar-refractivity contribution in [3.63, 3.8) is 0 Å². The highest BCUT2D eigenvalue weighted by atomic mass is 16.2. The molecule has 2 N–H and O–H groups in total. The lowest BCUT2D eigenvalue weighted by molar-refractivity contribution is -0.124. The predicted molar refractivity (Wildman–Crippen MR) is 52.6 cm³/mol. The molecule has 0 aromatic rings. The van der Waals surface area contributed by atoms with E-state index in [1.165, 1.54) is 0 Å². The van der Waals surface area contributed by atoms with Gasteiger partial charge in [-0.2, -0.15) is 0 Å². The van der Waals surface area contributed by atoms with Gasteiger partial charge in [0, 0.05) is 12.6 Å². The molecule has 13 heavy (non-hydrogen) atoms. The van der Waals surface area contributed by atoms with Gasteiger partial charge >= 0.3 is 0 Å². The Kier molecular flexibility index (Phi) is 3.69. The molecule has 1 heterocycles. The standard InChI is InChI=1S/C9H19N3O/c1-7-9(13)10-6-8(11-7)4-5-12(2)3/h7-8,11H,4-6H2,1-3H3,(H,10,13)/t7-,8?/m0/s1. The fourth-order valence-corrected chi connectivity index (χ4v) is 1.46. The zero-order valence-corrected chi connectivity index (χ0v) is 8.63. The molecule has 1 aliphatic rings. The van der Waals surface area contributed by atoms with E-state index >= 15 is 0 Å². The quantitative estimate of drug-likeness (QED) is 0.618. The van der Waals surface area contributed by atoms with E-state index in [9.17, 15) is 4.79 Å². The minimum absolute atomic E-state index is 0.0408. The Bertz CT molecular complexity index is 182. The molecular weight excluding hydrogens is 166 g/mol. The van der Waals surface area contributed by atoms with Crippen LogP contribution in [-0.2, 0) is 4.79 Å². The number of carbonyl (C=O) groups excluding carboxylic acids is 1. The van der Waals surface area contributed by atoms with Crippen LogP contribution in [0.3, 0.4) is 0 Å².